The number of piperidine rings is 1. The molecule has 2 heterocycles. The number of hydrogen-bond donors (Lipinski definition) is 1. The third-order valence-corrected chi connectivity index (χ3v) is 5.33. The molecular formula is C18H23N3OS. The maximum Gasteiger partial charge on any atom is 0.273 e. The number of benzene rings is 1. The van der Waals surface area contributed by atoms with Crippen LogP contribution in [0.1, 0.15) is 34.5 Å². The Balaban J connectivity index is 1.80. The molecule has 1 aliphatic heterocycles. The summed E-state index contributed by atoms with van der Waals surface area (Å²) in [6, 6.07) is 6.73. The van der Waals surface area contributed by atoms with Gasteiger partial charge in [-0.15, -0.1) is 11.3 Å². The van der Waals surface area contributed by atoms with E-state index in [9.17, 15) is 4.79 Å². The van der Waals surface area contributed by atoms with E-state index in [1.54, 1.807) is 11.3 Å². The molecule has 1 atom stereocenters. The summed E-state index contributed by atoms with van der Waals surface area (Å²) in [7, 11) is 1.96. The van der Waals surface area contributed by atoms with E-state index < -0.39 is 0 Å². The molecule has 1 fully saturated rings. The van der Waals surface area contributed by atoms with Gasteiger partial charge in [0.2, 0.25) is 0 Å². The van der Waals surface area contributed by atoms with Crippen molar-refractivity contribution in [3.63, 3.8) is 0 Å². The van der Waals surface area contributed by atoms with Crippen LogP contribution in [-0.2, 0) is 0 Å². The van der Waals surface area contributed by atoms with E-state index in [2.05, 4.69) is 42.3 Å². The number of thiazole rings is 1. The zero-order chi connectivity index (χ0) is 16.4. The maximum atomic E-state index is 12.7. The van der Waals surface area contributed by atoms with E-state index in [1.165, 1.54) is 11.1 Å². The fourth-order valence-corrected chi connectivity index (χ4v) is 3.99. The molecule has 0 aliphatic carbocycles. The molecule has 2 aromatic rings. The predicted octanol–water partition coefficient (Wildman–Crippen LogP) is 3.25. The second-order valence-corrected chi connectivity index (χ2v) is 7.09. The Labute approximate surface area is 141 Å². The Hall–Kier alpha value is -1.72. The summed E-state index contributed by atoms with van der Waals surface area (Å²) in [4.78, 5) is 19.2. The molecule has 0 saturated carbocycles. The lowest BCUT2D eigenvalue weighted by molar-refractivity contribution is 0.0693. The van der Waals surface area contributed by atoms with Crippen LogP contribution in [0, 0.1) is 13.8 Å². The fraction of sp³-hybridized carbons (Fsp3) is 0.444. The van der Waals surface area contributed by atoms with Gasteiger partial charge in [0.05, 0.1) is 0 Å². The number of amides is 1. The smallest absolute Gasteiger partial charge is 0.273 e. The number of aromatic nitrogens is 1. The van der Waals surface area contributed by atoms with Crippen molar-refractivity contribution in [1.29, 1.82) is 0 Å². The molecule has 1 unspecified atom stereocenters. The Morgan fingerprint density at radius 2 is 2.22 bits per heavy atom. The van der Waals surface area contributed by atoms with Crippen LogP contribution in [-0.4, -0.2) is 42.0 Å². The highest BCUT2D eigenvalue weighted by atomic mass is 32.1. The first-order chi connectivity index (χ1) is 11.1. The van der Waals surface area contributed by atoms with Gasteiger partial charge in [-0.25, -0.2) is 4.98 Å². The van der Waals surface area contributed by atoms with Crippen LogP contribution in [0.2, 0.25) is 0 Å². The van der Waals surface area contributed by atoms with Crippen molar-refractivity contribution in [3.8, 4) is 10.6 Å². The SMILES string of the molecule is CNC1CCCN(C(=O)c2csc(-c3ccc(C)cc3C)n2)C1. The third-order valence-electron chi connectivity index (χ3n) is 4.45. The first-order valence-electron chi connectivity index (χ1n) is 8.08. The van der Waals surface area contributed by atoms with Crippen molar-refractivity contribution in [2.45, 2.75) is 32.7 Å². The molecule has 1 aromatic heterocycles. The van der Waals surface area contributed by atoms with Crippen LogP contribution in [0.4, 0.5) is 0 Å². The van der Waals surface area contributed by atoms with Gasteiger partial charge in [0.15, 0.2) is 0 Å². The summed E-state index contributed by atoms with van der Waals surface area (Å²) in [5.74, 6) is 0.0530. The largest absolute Gasteiger partial charge is 0.336 e. The number of hydrogen-bond acceptors (Lipinski definition) is 4. The van der Waals surface area contributed by atoms with E-state index >= 15 is 0 Å². The molecular weight excluding hydrogens is 306 g/mol. The van der Waals surface area contributed by atoms with Gasteiger partial charge in [-0.2, -0.15) is 0 Å². The lowest BCUT2D eigenvalue weighted by Crippen LogP contribution is -2.47. The summed E-state index contributed by atoms with van der Waals surface area (Å²) in [5, 5.41) is 6.09. The third kappa shape index (κ3) is 3.46. The van der Waals surface area contributed by atoms with Crippen LogP contribution in [0.25, 0.3) is 10.6 Å². The Morgan fingerprint density at radius 1 is 1.39 bits per heavy atom. The van der Waals surface area contributed by atoms with Gasteiger partial charge in [0.25, 0.3) is 5.91 Å². The first kappa shape index (κ1) is 16.1. The molecule has 0 radical (unpaired) electrons. The topological polar surface area (TPSA) is 45.2 Å². The molecule has 1 saturated heterocycles. The molecule has 1 aromatic carbocycles. The minimum Gasteiger partial charge on any atom is -0.336 e. The average molecular weight is 329 g/mol. The highest BCUT2D eigenvalue weighted by Crippen LogP contribution is 2.28. The van der Waals surface area contributed by atoms with Crippen molar-refractivity contribution in [1.82, 2.24) is 15.2 Å². The van der Waals surface area contributed by atoms with Gasteiger partial charge in [-0.3, -0.25) is 4.79 Å². The number of aryl methyl sites for hydroxylation is 2. The molecule has 1 amide bonds. The molecule has 23 heavy (non-hydrogen) atoms. The molecule has 0 bridgehead atoms. The van der Waals surface area contributed by atoms with Gasteiger partial charge in [-0.05, 0) is 39.3 Å². The van der Waals surface area contributed by atoms with Gasteiger partial charge < -0.3 is 10.2 Å². The van der Waals surface area contributed by atoms with Crippen LogP contribution >= 0.6 is 11.3 Å². The average Bonchev–Trinajstić information content (AvgIpc) is 3.04. The van der Waals surface area contributed by atoms with Gasteiger partial charge in [0.1, 0.15) is 10.7 Å². The molecule has 5 heteroatoms. The summed E-state index contributed by atoms with van der Waals surface area (Å²) in [6.07, 6.45) is 2.18. The van der Waals surface area contributed by atoms with E-state index in [0.29, 0.717) is 11.7 Å². The van der Waals surface area contributed by atoms with Crippen molar-refractivity contribution in [3.05, 3.63) is 40.4 Å². The van der Waals surface area contributed by atoms with Gasteiger partial charge in [-0.1, -0.05) is 23.8 Å². The lowest BCUT2D eigenvalue weighted by Gasteiger charge is -2.32. The summed E-state index contributed by atoms with van der Waals surface area (Å²) >= 11 is 1.55. The lowest BCUT2D eigenvalue weighted by atomic mass is 10.1. The molecule has 4 nitrogen and oxygen atoms in total. The predicted molar refractivity (Wildman–Crippen MR) is 95.0 cm³/mol. The maximum absolute atomic E-state index is 12.7. The number of carbonyl (C=O) groups is 1. The van der Waals surface area contributed by atoms with E-state index in [-0.39, 0.29) is 5.91 Å². The van der Waals surface area contributed by atoms with Crippen LogP contribution in [0.3, 0.4) is 0 Å². The van der Waals surface area contributed by atoms with E-state index in [1.807, 2.05) is 17.3 Å². The first-order valence-corrected chi connectivity index (χ1v) is 8.96. The zero-order valence-corrected chi connectivity index (χ0v) is 14.7. The van der Waals surface area contributed by atoms with Gasteiger partial charge >= 0.3 is 0 Å². The molecule has 3 rings (SSSR count). The molecule has 1 aliphatic rings. The second kappa shape index (κ2) is 6.81. The van der Waals surface area contributed by atoms with Crippen LogP contribution in [0.5, 0.6) is 0 Å². The number of nitrogens with zero attached hydrogens (tertiary/aromatic N) is 2. The standard InChI is InChI=1S/C18H23N3OS/c1-12-6-7-15(13(2)9-12)17-20-16(11-23-17)18(22)21-8-4-5-14(10-21)19-3/h6-7,9,11,14,19H,4-5,8,10H2,1-3H3. The highest BCUT2D eigenvalue weighted by molar-refractivity contribution is 7.13. The fourth-order valence-electron chi connectivity index (χ4n) is 3.11. The van der Waals surface area contributed by atoms with Gasteiger partial charge in [0, 0.05) is 30.1 Å². The van der Waals surface area contributed by atoms with Crippen molar-refractivity contribution in [2.75, 3.05) is 20.1 Å². The number of rotatable bonds is 3. The normalized spacial score (nSPS) is 18.2. The second-order valence-electron chi connectivity index (χ2n) is 6.24. The minimum absolute atomic E-state index is 0.0530. The Bertz CT molecular complexity index is 710. The summed E-state index contributed by atoms with van der Waals surface area (Å²) in [5.41, 5.74) is 4.13. The highest BCUT2D eigenvalue weighted by Gasteiger charge is 2.25. The minimum atomic E-state index is 0.0530. The van der Waals surface area contributed by atoms with Crippen molar-refractivity contribution < 1.29 is 4.79 Å². The molecule has 0 spiro atoms. The summed E-state index contributed by atoms with van der Waals surface area (Å²) in [6.45, 7) is 5.77. The van der Waals surface area contributed by atoms with E-state index in [4.69, 9.17) is 0 Å². The number of likely N-dealkylation sites (tertiary alicyclic amines) is 1. The van der Waals surface area contributed by atoms with E-state index in [0.717, 1.165) is 36.5 Å². The van der Waals surface area contributed by atoms with Crippen molar-refractivity contribution >= 4 is 17.2 Å². The Morgan fingerprint density at radius 3 is 2.96 bits per heavy atom. The molecule has 1 N–H and O–H groups in total. The molecule has 122 valence electrons. The monoisotopic (exact) mass is 329 g/mol. The number of nitrogens with one attached hydrogen (secondary N) is 1. The number of likely N-dealkylation sites (N-methyl/N-ethyl adjacent to an activating group) is 1. The van der Waals surface area contributed by atoms with Crippen LogP contribution in [0.15, 0.2) is 23.6 Å². The quantitative estimate of drug-likeness (QED) is 0.940. The van der Waals surface area contributed by atoms with Crippen LogP contribution < -0.4 is 5.32 Å². The Kier molecular flexibility index (Phi) is 4.78. The number of carbonyl (C=O) groups excluding carboxylic acids is 1. The summed E-state index contributed by atoms with van der Waals surface area (Å²) < 4.78 is 0. The zero-order valence-electron chi connectivity index (χ0n) is 13.9. The van der Waals surface area contributed by atoms with Crippen molar-refractivity contribution in [2.24, 2.45) is 0 Å².